The maximum absolute atomic E-state index is 13.9. The van der Waals surface area contributed by atoms with Crippen LogP contribution in [0.15, 0.2) is 329 Å². The van der Waals surface area contributed by atoms with Gasteiger partial charge in [0.05, 0.1) is 95.9 Å². The summed E-state index contributed by atoms with van der Waals surface area (Å²) >= 11 is 0. The predicted octanol–water partition coefficient (Wildman–Crippen LogP) is 25.9. The van der Waals surface area contributed by atoms with Gasteiger partial charge >= 0.3 is 18.5 Å². The van der Waals surface area contributed by atoms with E-state index in [0.29, 0.717) is 107 Å². The van der Waals surface area contributed by atoms with Gasteiger partial charge in [0.2, 0.25) is 29.6 Å². The van der Waals surface area contributed by atoms with Crippen molar-refractivity contribution in [3.05, 3.63) is 407 Å². The molecule has 4 aliphatic rings. The standard InChI is InChI=1S/C30H27N3O2.C29H25F3N4O2.2C28H21F3N4O2/c1-19-11-15-22(16-12-19)32-28(34)24-18-21(14-13-20(24)2)23-8-7-9-25-27(23)30(3,4)29(35)33(25)26-10-5-6-17-31-26;1-17-8-11-19(12-9-17)34-26(37)22-14-18(10-13-23(22)29(30,31)32)21-6-5-7-24-25(21)28(2,3)27(38)36(24)20-15-33-35(4)16-20;1-27(2)23-19(10-6-11-22(23)35(25(27)37)26-32-14-7-15-33-26)17-12-13-21(28(29,30)31)20(16-17)24(36)34-18-8-4-3-5-9-18;1-27(2)23-20(12-14-33-24(23)35(26(27)37)19-9-6-13-32-16-19)17-10-11-22(28(29,30)31)21(15-17)25(36)34-18-7-4-3-5-8-18/h5-18H,1-4H3,(H,32,34);5-16H,1-4H3,(H,34,37);2*3-16H,1-2H3,(H,34,36). The Morgan fingerprint density at radius 2 is 0.687 bits per heavy atom. The van der Waals surface area contributed by atoms with Gasteiger partial charge in [-0.25, -0.2) is 24.8 Å². The average Bonchev–Trinajstić information content (AvgIpc) is 1.57. The predicted molar refractivity (Wildman–Crippen MR) is 547 cm³/mol. The van der Waals surface area contributed by atoms with Crippen LogP contribution in [0.3, 0.4) is 0 Å². The first-order valence-corrected chi connectivity index (χ1v) is 46.4. The largest absolute Gasteiger partial charge is 0.417 e. The van der Waals surface area contributed by atoms with Gasteiger partial charge in [-0.1, -0.05) is 145 Å². The monoisotopic (exact) mass is 1980 g/mol. The van der Waals surface area contributed by atoms with Gasteiger partial charge < -0.3 is 21.3 Å². The number of hydrogen-bond acceptors (Lipinski definition) is 14. The number of amides is 8. The molecule has 8 amide bonds. The molecular weight excluding hydrogens is 1890 g/mol. The summed E-state index contributed by atoms with van der Waals surface area (Å²) in [5, 5.41) is 14.8. The van der Waals surface area contributed by atoms with Crippen molar-refractivity contribution in [2.24, 2.45) is 7.05 Å². The third-order valence-electron chi connectivity index (χ3n) is 26.0. The SMILES string of the molecule is CC1(C)C(=O)N(c2cccnc2)c2nccc(-c3ccc(C(F)(F)F)c(C(=O)Nc4ccccc4)c3)c21.CC1(C)C(=O)N(c2ncccn2)c2cccc(-c3ccc(C(F)(F)F)c(C(=O)Nc4ccccc4)c3)c21.Cc1ccc(NC(=O)c2cc(-c3cccc4c3C(C)(C)C(=O)N4c3ccccn3)ccc2C)cc1.Cc1ccc(NC(=O)c2cc(-c3cccc4c3C(C)(C)C(=O)N4c3cnn(C)c3)ccc2C(F)(F)F)cc1. The van der Waals surface area contributed by atoms with Crippen LogP contribution in [0.5, 0.6) is 0 Å². The van der Waals surface area contributed by atoms with Gasteiger partial charge in [0.15, 0.2) is 0 Å². The number of carbonyl (C=O) groups is 8. The number of nitrogens with zero attached hydrogens (tertiary/aromatic N) is 11. The number of benzene rings is 11. The van der Waals surface area contributed by atoms with Crippen molar-refractivity contribution in [3.8, 4) is 44.5 Å². The van der Waals surface area contributed by atoms with E-state index in [1.54, 1.807) is 240 Å². The van der Waals surface area contributed by atoms with Gasteiger partial charge in [0.25, 0.3) is 23.6 Å². The van der Waals surface area contributed by atoms with E-state index in [-0.39, 0.29) is 35.5 Å². The molecule has 23 nitrogen and oxygen atoms in total. The Bertz CT molecular complexity index is 7630. The third kappa shape index (κ3) is 19.8. The summed E-state index contributed by atoms with van der Waals surface area (Å²) in [6.45, 7) is 20.2. The van der Waals surface area contributed by atoms with Crippen LogP contribution < -0.4 is 40.9 Å². The van der Waals surface area contributed by atoms with Crippen LogP contribution in [0.1, 0.15) is 152 Å². The highest BCUT2D eigenvalue weighted by Crippen LogP contribution is 2.55. The average molecular weight is 1990 g/mol. The van der Waals surface area contributed by atoms with Crippen molar-refractivity contribution < 1.29 is 77.9 Å². The fraction of sp³-hybridized carbons (Fsp3) is 0.165. The van der Waals surface area contributed by atoms with Crippen molar-refractivity contribution in [1.82, 2.24) is 34.7 Å². The molecule has 0 fully saturated rings. The quantitative estimate of drug-likeness (QED) is 0.0655. The number of aryl methyl sites for hydroxylation is 4. The molecule has 11 aromatic carbocycles. The molecule has 20 rings (SSSR count). The number of carbonyl (C=O) groups excluding carboxylic acids is 8. The maximum atomic E-state index is 13.9. The van der Waals surface area contributed by atoms with E-state index < -0.39 is 91.3 Å². The highest BCUT2D eigenvalue weighted by atomic mass is 19.4. The number of para-hydroxylation sites is 2. The maximum Gasteiger partial charge on any atom is 0.417 e. The molecule has 0 atom stereocenters. The minimum Gasteiger partial charge on any atom is -0.322 e. The number of anilines is 12. The topological polar surface area (TPSA) is 280 Å². The molecule has 147 heavy (non-hydrogen) atoms. The van der Waals surface area contributed by atoms with Crippen molar-refractivity contribution in [2.45, 2.75) is 116 Å². The van der Waals surface area contributed by atoms with E-state index in [2.05, 4.69) is 51.3 Å². The summed E-state index contributed by atoms with van der Waals surface area (Å²) in [5.41, 5.74) is 7.44. The first kappa shape index (κ1) is 101. The molecule has 0 radical (unpaired) electrons. The van der Waals surface area contributed by atoms with Crippen molar-refractivity contribution in [2.75, 3.05) is 40.9 Å². The Balaban J connectivity index is 0.000000134. The summed E-state index contributed by atoms with van der Waals surface area (Å²) in [5.74, 6) is -2.36. The van der Waals surface area contributed by atoms with Crippen molar-refractivity contribution >= 4 is 116 Å². The molecule has 16 aromatic rings. The number of aromatic nitrogens is 7. The molecule has 0 bridgehead atoms. The number of halogens is 9. The Kier molecular flexibility index (Phi) is 27.1. The summed E-state index contributed by atoms with van der Waals surface area (Å²) in [7, 11) is 1.75. The lowest BCUT2D eigenvalue weighted by atomic mass is 9.81. The second kappa shape index (κ2) is 39.5. The molecule has 0 spiro atoms. The van der Waals surface area contributed by atoms with Crippen LogP contribution in [0.4, 0.5) is 108 Å². The van der Waals surface area contributed by atoms with Crippen LogP contribution in [0.25, 0.3) is 44.5 Å². The van der Waals surface area contributed by atoms with E-state index >= 15 is 0 Å². The van der Waals surface area contributed by atoms with E-state index in [1.165, 1.54) is 64.8 Å². The molecule has 0 saturated carbocycles. The molecule has 0 saturated heterocycles. The fourth-order valence-corrected chi connectivity index (χ4v) is 18.7. The first-order chi connectivity index (χ1) is 69.8. The van der Waals surface area contributed by atoms with Gasteiger partial charge in [-0.2, -0.15) is 44.6 Å². The number of pyridine rings is 3. The zero-order valence-electron chi connectivity index (χ0n) is 81.3. The van der Waals surface area contributed by atoms with E-state index in [1.807, 2.05) is 113 Å². The zero-order chi connectivity index (χ0) is 105. The molecule has 4 aliphatic heterocycles. The second-order valence-corrected chi connectivity index (χ2v) is 37.6. The minimum atomic E-state index is -4.74. The van der Waals surface area contributed by atoms with Crippen molar-refractivity contribution in [1.29, 1.82) is 0 Å². The summed E-state index contributed by atoms with van der Waals surface area (Å²) in [6.07, 6.45) is -1.54. The van der Waals surface area contributed by atoms with Gasteiger partial charge in [-0.15, -0.1) is 0 Å². The van der Waals surface area contributed by atoms with Crippen LogP contribution >= 0.6 is 0 Å². The fourth-order valence-electron chi connectivity index (χ4n) is 18.7. The molecule has 32 heteroatoms. The minimum absolute atomic E-state index is 0.0249. The van der Waals surface area contributed by atoms with Crippen LogP contribution in [0.2, 0.25) is 0 Å². The molecule has 5 aromatic heterocycles. The van der Waals surface area contributed by atoms with Crippen molar-refractivity contribution in [3.63, 3.8) is 0 Å². The summed E-state index contributed by atoms with van der Waals surface area (Å²) in [6, 6.07) is 76.0. The number of fused-ring (bicyclic) bond motifs is 4. The molecular formula is C115H94F9N15O8. The number of rotatable bonds is 16. The highest BCUT2D eigenvalue weighted by Gasteiger charge is 2.52. The Labute approximate surface area is 839 Å². The zero-order valence-corrected chi connectivity index (χ0v) is 81.3. The lowest BCUT2D eigenvalue weighted by Crippen LogP contribution is -2.34. The molecule has 9 heterocycles. The highest BCUT2D eigenvalue weighted by molar-refractivity contribution is 6.18. The van der Waals surface area contributed by atoms with E-state index in [9.17, 15) is 77.9 Å². The lowest BCUT2D eigenvalue weighted by Gasteiger charge is -2.21. The van der Waals surface area contributed by atoms with E-state index in [4.69, 9.17) is 0 Å². The third-order valence-corrected chi connectivity index (χ3v) is 26.0. The second-order valence-electron chi connectivity index (χ2n) is 37.6. The molecule has 0 aliphatic carbocycles. The number of nitrogens with one attached hydrogen (secondary N) is 4. The van der Waals surface area contributed by atoms with Crippen LogP contribution in [-0.2, 0) is 66.4 Å². The Morgan fingerprint density at radius 1 is 0.313 bits per heavy atom. The number of alkyl halides is 9. The first-order valence-electron chi connectivity index (χ1n) is 46.4. The summed E-state index contributed by atoms with van der Waals surface area (Å²) in [4.78, 5) is 134. The van der Waals surface area contributed by atoms with Gasteiger partial charge in [0, 0.05) is 78.1 Å². The Morgan fingerprint density at radius 3 is 1.10 bits per heavy atom. The number of hydrogen-bond donors (Lipinski definition) is 4. The normalized spacial score (nSPS) is 14.3. The molecule has 0 unspecified atom stereocenters. The van der Waals surface area contributed by atoms with E-state index in [0.717, 1.165) is 63.0 Å². The smallest absolute Gasteiger partial charge is 0.322 e. The van der Waals surface area contributed by atoms with Crippen LogP contribution in [-0.4, -0.2) is 82.0 Å². The van der Waals surface area contributed by atoms with Crippen LogP contribution in [0, 0.1) is 20.8 Å². The molecule has 740 valence electrons. The van der Waals surface area contributed by atoms with Gasteiger partial charge in [0.1, 0.15) is 11.6 Å². The molecule has 4 N–H and O–H groups in total. The van der Waals surface area contributed by atoms with Gasteiger partial charge in [-0.3, -0.25) is 62.7 Å². The Hall–Kier alpha value is -17.7. The summed E-state index contributed by atoms with van der Waals surface area (Å²) < 4.78 is 127. The lowest BCUT2D eigenvalue weighted by molar-refractivity contribution is -0.138. The van der Waals surface area contributed by atoms with Gasteiger partial charge in [-0.05, 0) is 289 Å².